The molecule has 146 valence electrons. The molecular weight excluding hydrogens is 366 g/mol. The highest BCUT2D eigenvalue weighted by Crippen LogP contribution is 2.17. The first-order valence-corrected chi connectivity index (χ1v) is 8.67. The van der Waals surface area contributed by atoms with Gasteiger partial charge in [0.2, 0.25) is 0 Å². The summed E-state index contributed by atoms with van der Waals surface area (Å²) >= 11 is 0. The molecule has 2 aromatic carbocycles. The minimum atomic E-state index is -0.515. The van der Waals surface area contributed by atoms with Crippen molar-refractivity contribution in [3.8, 4) is 11.5 Å². The van der Waals surface area contributed by atoms with Gasteiger partial charge in [0.25, 0.3) is 17.5 Å². The quantitative estimate of drug-likeness (QED) is 0.619. The zero-order valence-corrected chi connectivity index (χ0v) is 15.0. The molecule has 1 saturated heterocycles. The van der Waals surface area contributed by atoms with Gasteiger partial charge in [0.1, 0.15) is 11.5 Å². The number of non-ortho nitro benzene ring substituents is 1. The first-order valence-electron chi connectivity index (χ1n) is 8.67. The van der Waals surface area contributed by atoms with Crippen LogP contribution >= 0.6 is 0 Å². The van der Waals surface area contributed by atoms with Crippen LogP contribution in [0.5, 0.6) is 11.5 Å². The van der Waals surface area contributed by atoms with Crippen molar-refractivity contribution in [3.05, 3.63) is 64.2 Å². The molecule has 1 heterocycles. The summed E-state index contributed by atoms with van der Waals surface area (Å²) in [6, 6.07) is 11.6. The van der Waals surface area contributed by atoms with Crippen molar-refractivity contribution in [3.63, 3.8) is 0 Å². The van der Waals surface area contributed by atoms with E-state index in [-0.39, 0.29) is 29.9 Å². The number of nitro benzene ring substituents is 1. The van der Waals surface area contributed by atoms with Crippen LogP contribution in [-0.2, 0) is 4.79 Å². The van der Waals surface area contributed by atoms with Gasteiger partial charge in [0.15, 0.2) is 6.61 Å². The highest BCUT2D eigenvalue weighted by atomic mass is 16.6. The van der Waals surface area contributed by atoms with Crippen molar-refractivity contribution in [2.45, 2.75) is 0 Å². The average molecular weight is 385 g/mol. The number of rotatable bonds is 5. The normalized spacial score (nSPS) is 13.9. The third kappa shape index (κ3) is 4.56. The molecule has 9 nitrogen and oxygen atoms in total. The van der Waals surface area contributed by atoms with Gasteiger partial charge < -0.3 is 19.6 Å². The summed E-state index contributed by atoms with van der Waals surface area (Å²) in [5, 5.41) is 19.9. The van der Waals surface area contributed by atoms with Crippen molar-refractivity contribution in [1.82, 2.24) is 9.80 Å². The van der Waals surface area contributed by atoms with Gasteiger partial charge in [-0.15, -0.1) is 0 Å². The van der Waals surface area contributed by atoms with Gasteiger partial charge in [-0.3, -0.25) is 19.7 Å². The molecule has 0 radical (unpaired) electrons. The van der Waals surface area contributed by atoms with Crippen molar-refractivity contribution in [2.75, 3.05) is 32.8 Å². The Labute approximate surface area is 160 Å². The Kier molecular flexibility index (Phi) is 5.73. The number of carbonyl (C=O) groups is 2. The van der Waals surface area contributed by atoms with Crippen LogP contribution < -0.4 is 4.74 Å². The van der Waals surface area contributed by atoms with E-state index < -0.39 is 4.92 Å². The van der Waals surface area contributed by atoms with Gasteiger partial charge >= 0.3 is 0 Å². The third-order valence-electron chi connectivity index (χ3n) is 4.44. The van der Waals surface area contributed by atoms with Gasteiger partial charge in [0, 0.05) is 43.9 Å². The Morgan fingerprint density at radius 2 is 1.54 bits per heavy atom. The minimum absolute atomic E-state index is 0.0689. The third-order valence-corrected chi connectivity index (χ3v) is 4.44. The SMILES string of the molecule is O=C(COc1ccc(O)cc1)N1CCN(C(=O)c2ccc([N+](=O)[O-])cc2)CC1. The van der Waals surface area contributed by atoms with E-state index in [0.717, 1.165) is 0 Å². The molecule has 0 bridgehead atoms. The lowest BCUT2D eigenvalue weighted by Crippen LogP contribution is -2.51. The first kappa shape index (κ1) is 19.2. The number of aromatic hydroxyl groups is 1. The molecule has 1 aliphatic heterocycles. The fraction of sp³-hybridized carbons (Fsp3) is 0.263. The van der Waals surface area contributed by atoms with E-state index in [9.17, 15) is 24.8 Å². The second-order valence-corrected chi connectivity index (χ2v) is 6.26. The van der Waals surface area contributed by atoms with Crippen LogP contribution in [0.1, 0.15) is 10.4 Å². The molecule has 0 aliphatic carbocycles. The first-order chi connectivity index (χ1) is 13.4. The second kappa shape index (κ2) is 8.38. The number of hydrogen-bond donors (Lipinski definition) is 1. The van der Waals surface area contributed by atoms with Crippen LogP contribution in [0.25, 0.3) is 0 Å². The number of ether oxygens (including phenoxy) is 1. The molecule has 0 saturated carbocycles. The van der Waals surface area contributed by atoms with Gasteiger partial charge in [-0.2, -0.15) is 0 Å². The molecule has 0 unspecified atom stereocenters. The topological polar surface area (TPSA) is 113 Å². The standard InChI is InChI=1S/C19H19N3O6/c23-16-5-7-17(8-6-16)28-13-18(24)20-9-11-21(12-10-20)19(25)14-1-3-15(4-2-14)22(26)27/h1-8,23H,9-13H2. The summed E-state index contributed by atoms with van der Waals surface area (Å²) in [6.45, 7) is 1.40. The average Bonchev–Trinajstić information content (AvgIpc) is 2.73. The zero-order chi connectivity index (χ0) is 20.1. The number of nitrogens with zero attached hydrogens (tertiary/aromatic N) is 3. The molecule has 2 aromatic rings. The van der Waals surface area contributed by atoms with Crippen LogP contribution in [0.2, 0.25) is 0 Å². The largest absolute Gasteiger partial charge is 0.508 e. The van der Waals surface area contributed by atoms with E-state index in [4.69, 9.17) is 4.74 Å². The van der Waals surface area contributed by atoms with Crippen LogP contribution in [0.3, 0.4) is 0 Å². The summed E-state index contributed by atoms with van der Waals surface area (Å²) in [6.07, 6.45) is 0. The lowest BCUT2D eigenvalue weighted by Gasteiger charge is -2.34. The van der Waals surface area contributed by atoms with Crippen molar-refractivity contribution in [2.24, 2.45) is 0 Å². The van der Waals surface area contributed by atoms with E-state index in [1.54, 1.807) is 21.9 Å². The summed E-state index contributed by atoms with van der Waals surface area (Å²) in [7, 11) is 0. The fourth-order valence-electron chi connectivity index (χ4n) is 2.85. The summed E-state index contributed by atoms with van der Waals surface area (Å²) in [5.74, 6) is 0.198. The summed E-state index contributed by atoms with van der Waals surface area (Å²) in [4.78, 5) is 38.2. The monoisotopic (exact) mass is 385 g/mol. The Balaban J connectivity index is 1.49. The Hall–Kier alpha value is -3.62. The highest BCUT2D eigenvalue weighted by molar-refractivity contribution is 5.94. The molecule has 1 fully saturated rings. The molecule has 0 aromatic heterocycles. The maximum atomic E-state index is 12.5. The van der Waals surface area contributed by atoms with Crippen LogP contribution in [0, 0.1) is 10.1 Å². The Bertz CT molecular complexity index is 858. The number of phenolic OH excluding ortho intramolecular Hbond substituents is 1. The lowest BCUT2D eigenvalue weighted by molar-refractivity contribution is -0.384. The van der Waals surface area contributed by atoms with Crippen LogP contribution in [0.15, 0.2) is 48.5 Å². The van der Waals surface area contributed by atoms with Gasteiger partial charge in [0.05, 0.1) is 4.92 Å². The van der Waals surface area contributed by atoms with Gasteiger partial charge in [-0.25, -0.2) is 0 Å². The van der Waals surface area contributed by atoms with Gasteiger partial charge in [-0.1, -0.05) is 0 Å². The highest BCUT2D eigenvalue weighted by Gasteiger charge is 2.25. The predicted octanol–water partition coefficient (Wildman–Crippen LogP) is 1.66. The van der Waals surface area contributed by atoms with E-state index >= 15 is 0 Å². The number of amides is 2. The van der Waals surface area contributed by atoms with Gasteiger partial charge in [-0.05, 0) is 36.4 Å². The minimum Gasteiger partial charge on any atom is -0.508 e. The van der Waals surface area contributed by atoms with E-state index in [1.807, 2.05) is 0 Å². The molecule has 1 aliphatic rings. The number of benzene rings is 2. The maximum Gasteiger partial charge on any atom is 0.269 e. The van der Waals surface area contributed by atoms with Crippen LogP contribution in [-0.4, -0.2) is 64.4 Å². The molecule has 0 spiro atoms. The fourth-order valence-corrected chi connectivity index (χ4v) is 2.85. The van der Waals surface area contributed by atoms with Crippen molar-refractivity contribution in [1.29, 1.82) is 0 Å². The lowest BCUT2D eigenvalue weighted by atomic mass is 10.1. The van der Waals surface area contributed by atoms with Crippen LogP contribution in [0.4, 0.5) is 5.69 Å². The van der Waals surface area contributed by atoms with E-state index in [0.29, 0.717) is 37.5 Å². The Morgan fingerprint density at radius 3 is 2.11 bits per heavy atom. The Morgan fingerprint density at radius 1 is 0.964 bits per heavy atom. The van der Waals surface area contributed by atoms with Crippen molar-refractivity contribution < 1.29 is 24.4 Å². The summed E-state index contributed by atoms with van der Waals surface area (Å²) in [5.41, 5.74) is 0.307. The molecule has 3 rings (SSSR count). The van der Waals surface area contributed by atoms with E-state index in [2.05, 4.69) is 0 Å². The maximum absolute atomic E-state index is 12.5. The second-order valence-electron chi connectivity index (χ2n) is 6.26. The molecule has 28 heavy (non-hydrogen) atoms. The van der Waals surface area contributed by atoms with Crippen molar-refractivity contribution >= 4 is 17.5 Å². The smallest absolute Gasteiger partial charge is 0.269 e. The molecule has 0 atom stereocenters. The number of piperazine rings is 1. The molecular formula is C19H19N3O6. The number of hydrogen-bond acceptors (Lipinski definition) is 6. The molecule has 9 heteroatoms. The number of phenols is 1. The van der Waals surface area contributed by atoms with E-state index in [1.165, 1.54) is 36.4 Å². The predicted molar refractivity (Wildman–Crippen MR) is 99.2 cm³/mol. The molecule has 1 N–H and O–H groups in total. The number of carbonyl (C=O) groups excluding carboxylic acids is 2. The number of nitro groups is 1. The molecule has 2 amide bonds. The summed E-state index contributed by atoms with van der Waals surface area (Å²) < 4.78 is 5.41. The zero-order valence-electron chi connectivity index (χ0n) is 15.0.